The first-order chi connectivity index (χ1) is 8.95. The van der Waals surface area contributed by atoms with E-state index in [0.29, 0.717) is 16.3 Å². The first kappa shape index (κ1) is 15.5. The number of hydrogen-bond acceptors (Lipinski definition) is 5. The van der Waals surface area contributed by atoms with Crippen molar-refractivity contribution >= 4 is 40.2 Å². The third-order valence-corrected chi connectivity index (χ3v) is 3.27. The summed E-state index contributed by atoms with van der Waals surface area (Å²) < 4.78 is 4.90. The molecule has 0 N–H and O–H groups in total. The van der Waals surface area contributed by atoms with Crippen LogP contribution in [0.3, 0.4) is 0 Å². The maximum atomic E-state index is 10.9. The van der Waals surface area contributed by atoms with Crippen molar-refractivity contribution in [2.45, 2.75) is 6.92 Å². The quantitative estimate of drug-likeness (QED) is 0.614. The lowest BCUT2D eigenvalue weighted by Gasteiger charge is -2.04. The summed E-state index contributed by atoms with van der Waals surface area (Å²) in [4.78, 5) is 21.1. The Balaban J connectivity index is 2.98. The summed E-state index contributed by atoms with van der Waals surface area (Å²) in [6.45, 7) is 1.48. The Morgan fingerprint density at radius 1 is 1.58 bits per heavy atom. The maximum Gasteiger partial charge on any atom is 0.311 e. The second-order valence-electron chi connectivity index (χ2n) is 3.51. The van der Waals surface area contributed by atoms with Crippen molar-refractivity contribution in [1.29, 1.82) is 0 Å². The highest BCUT2D eigenvalue weighted by atomic mass is 35.5. The number of nitro benzene ring substituents is 1. The van der Waals surface area contributed by atoms with E-state index in [1.807, 2.05) is 0 Å². The molecule has 0 aliphatic carbocycles. The van der Waals surface area contributed by atoms with Gasteiger partial charge in [0.25, 0.3) is 0 Å². The van der Waals surface area contributed by atoms with Crippen LogP contribution >= 0.6 is 23.4 Å². The second kappa shape index (κ2) is 7.16. The SMILES string of the molecule is COc1cc(Cl)c(C=CCSC(C)=O)cc1[N+](=O)[O-]. The molecule has 5 nitrogen and oxygen atoms in total. The molecule has 0 heterocycles. The van der Waals surface area contributed by atoms with E-state index in [9.17, 15) is 14.9 Å². The zero-order valence-corrected chi connectivity index (χ0v) is 12.0. The normalized spacial score (nSPS) is 10.7. The molecule has 1 aromatic rings. The summed E-state index contributed by atoms with van der Waals surface area (Å²) in [7, 11) is 1.34. The van der Waals surface area contributed by atoms with E-state index in [2.05, 4.69) is 0 Å². The maximum absolute atomic E-state index is 10.9. The Morgan fingerprint density at radius 3 is 2.79 bits per heavy atom. The third kappa shape index (κ3) is 4.57. The molecule has 0 saturated carbocycles. The molecule has 1 aromatic carbocycles. The van der Waals surface area contributed by atoms with Crippen LogP contribution in [-0.2, 0) is 4.79 Å². The highest BCUT2D eigenvalue weighted by Gasteiger charge is 2.17. The van der Waals surface area contributed by atoms with Gasteiger partial charge in [-0.2, -0.15) is 0 Å². The van der Waals surface area contributed by atoms with Gasteiger partial charge in [0.05, 0.1) is 17.1 Å². The van der Waals surface area contributed by atoms with Crippen molar-refractivity contribution in [2.75, 3.05) is 12.9 Å². The molecule has 7 heteroatoms. The van der Waals surface area contributed by atoms with Crippen molar-refractivity contribution in [1.82, 2.24) is 0 Å². The van der Waals surface area contributed by atoms with Crippen molar-refractivity contribution in [3.05, 3.63) is 38.9 Å². The lowest BCUT2D eigenvalue weighted by molar-refractivity contribution is -0.385. The van der Waals surface area contributed by atoms with Crippen LogP contribution in [0.4, 0.5) is 5.69 Å². The summed E-state index contributed by atoms with van der Waals surface area (Å²) in [5, 5.41) is 11.2. The van der Waals surface area contributed by atoms with Crippen molar-refractivity contribution in [2.24, 2.45) is 0 Å². The first-order valence-corrected chi connectivity index (χ1v) is 6.64. The van der Waals surface area contributed by atoms with E-state index in [-0.39, 0.29) is 16.6 Å². The van der Waals surface area contributed by atoms with E-state index in [1.165, 1.54) is 26.2 Å². The fourth-order valence-corrected chi connectivity index (χ4v) is 1.98. The molecule has 0 amide bonds. The standard InChI is InChI=1S/C12H12ClNO4S/c1-8(15)19-5-3-4-9-6-11(14(16)17)12(18-2)7-10(9)13/h3-4,6-7H,5H2,1-2H3. The van der Waals surface area contributed by atoms with Crippen LogP contribution in [0.5, 0.6) is 5.75 Å². The Bertz CT molecular complexity index is 531. The molecule has 0 aromatic heterocycles. The molecule has 0 unspecified atom stereocenters. The Kier molecular flexibility index (Phi) is 5.85. The molecule has 19 heavy (non-hydrogen) atoms. The average Bonchev–Trinajstić information content (AvgIpc) is 2.34. The highest BCUT2D eigenvalue weighted by Crippen LogP contribution is 2.33. The molecule has 0 atom stereocenters. The van der Waals surface area contributed by atoms with Gasteiger partial charge in [0, 0.05) is 24.8 Å². The van der Waals surface area contributed by atoms with E-state index in [4.69, 9.17) is 16.3 Å². The lowest BCUT2D eigenvalue weighted by Crippen LogP contribution is -1.94. The summed E-state index contributed by atoms with van der Waals surface area (Å²) in [5.41, 5.74) is 0.365. The molecule has 0 radical (unpaired) electrons. The molecule has 0 saturated heterocycles. The molecule has 0 spiro atoms. The minimum absolute atomic E-state index is 0.0106. The zero-order chi connectivity index (χ0) is 14.4. The number of carbonyl (C=O) groups is 1. The lowest BCUT2D eigenvalue weighted by atomic mass is 10.1. The average molecular weight is 302 g/mol. The number of halogens is 1. The van der Waals surface area contributed by atoms with E-state index < -0.39 is 4.92 Å². The molecule has 0 aliphatic rings. The number of nitro groups is 1. The minimum atomic E-state index is -0.531. The van der Waals surface area contributed by atoms with Gasteiger partial charge in [0.2, 0.25) is 0 Å². The van der Waals surface area contributed by atoms with Crippen molar-refractivity contribution in [3.8, 4) is 5.75 Å². The van der Waals surface area contributed by atoms with Crippen molar-refractivity contribution < 1.29 is 14.5 Å². The molecule has 1 rings (SSSR count). The molecule has 0 fully saturated rings. The van der Waals surface area contributed by atoms with Crippen LogP contribution in [0.25, 0.3) is 6.08 Å². The summed E-state index contributed by atoms with van der Waals surface area (Å²) in [5.74, 6) is 0.608. The number of ether oxygens (including phenoxy) is 1. The van der Waals surface area contributed by atoms with Crippen molar-refractivity contribution in [3.63, 3.8) is 0 Å². The third-order valence-electron chi connectivity index (χ3n) is 2.18. The highest BCUT2D eigenvalue weighted by molar-refractivity contribution is 8.13. The van der Waals surface area contributed by atoms with Crippen LogP contribution in [0.15, 0.2) is 18.2 Å². The van der Waals surface area contributed by atoms with Crippen LogP contribution in [0, 0.1) is 10.1 Å². The predicted molar refractivity (Wildman–Crippen MR) is 76.8 cm³/mol. The van der Waals surface area contributed by atoms with Gasteiger partial charge in [-0.3, -0.25) is 14.9 Å². The number of methoxy groups -OCH3 is 1. The smallest absolute Gasteiger partial charge is 0.311 e. The monoisotopic (exact) mass is 301 g/mol. The summed E-state index contributed by atoms with van der Waals surface area (Å²) in [6, 6.07) is 2.74. The molecule has 0 bridgehead atoms. The van der Waals surface area contributed by atoms with Gasteiger partial charge < -0.3 is 4.74 Å². The summed E-state index contributed by atoms with van der Waals surface area (Å²) >= 11 is 7.15. The van der Waals surface area contributed by atoms with E-state index in [0.717, 1.165) is 11.8 Å². The number of thioether (sulfide) groups is 1. The van der Waals surface area contributed by atoms with Crippen LogP contribution in [0.2, 0.25) is 5.02 Å². The number of hydrogen-bond donors (Lipinski definition) is 0. The number of rotatable bonds is 5. The van der Waals surface area contributed by atoms with Gasteiger partial charge in [-0.05, 0) is 5.56 Å². The van der Waals surface area contributed by atoms with Gasteiger partial charge in [-0.1, -0.05) is 35.5 Å². The fraction of sp³-hybridized carbons (Fsp3) is 0.250. The predicted octanol–water partition coefficient (Wildman–Crippen LogP) is 3.55. The molecular weight excluding hydrogens is 290 g/mol. The van der Waals surface area contributed by atoms with Gasteiger partial charge >= 0.3 is 5.69 Å². The van der Waals surface area contributed by atoms with Gasteiger partial charge in [0.1, 0.15) is 0 Å². The van der Waals surface area contributed by atoms with Gasteiger partial charge in [0.15, 0.2) is 10.9 Å². The zero-order valence-electron chi connectivity index (χ0n) is 10.4. The minimum Gasteiger partial charge on any atom is -0.490 e. The molecule has 0 aliphatic heterocycles. The topological polar surface area (TPSA) is 69.4 Å². The second-order valence-corrected chi connectivity index (χ2v) is 5.11. The van der Waals surface area contributed by atoms with Crippen LogP contribution in [-0.4, -0.2) is 22.9 Å². The summed E-state index contributed by atoms with van der Waals surface area (Å²) in [6.07, 6.45) is 3.37. The largest absolute Gasteiger partial charge is 0.490 e. The number of nitrogens with zero attached hydrogens (tertiary/aromatic N) is 1. The van der Waals surface area contributed by atoms with Gasteiger partial charge in [-0.15, -0.1) is 0 Å². The fourth-order valence-electron chi connectivity index (χ4n) is 1.33. The Labute approximate surface area is 119 Å². The molecule has 102 valence electrons. The van der Waals surface area contributed by atoms with E-state index >= 15 is 0 Å². The number of benzene rings is 1. The first-order valence-electron chi connectivity index (χ1n) is 5.27. The Hall–Kier alpha value is -1.53. The van der Waals surface area contributed by atoms with Crippen LogP contribution in [0.1, 0.15) is 12.5 Å². The van der Waals surface area contributed by atoms with Crippen LogP contribution < -0.4 is 4.74 Å². The number of carbonyl (C=O) groups excluding carboxylic acids is 1. The molecular formula is C12H12ClNO4S. The van der Waals surface area contributed by atoms with E-state index in [1.54, 1.807) is 12.2 Å². The van der Waals surface area contributed by atoms with Gasteiger partial charge in [-0.25, -0.2) is 0 Å². The Morgan fingerprint density at radius 2 is 2.26 bits per heavy atom.